The second kappa shape index (κ2) is 12.3. The van der Waals surface area contributed by atoms with E-state index in [2.05, 4.69) is 21.3 Å². The molecule has 38 heavy (non-hydrogen) atoms. The summed E-state index contributed by atoms with van der Waals surface area (Å²) in [4.78, 5) is 48.7. The molecule has 1 aliphatic rings. The van der Waals surface area contributed by atoms with Crippen molar-refractivity contribution in [3.8, 4) is 11.5 Å². The lowest BCUT2D eigenvalue weighted by Gasteiger charge is -2.18. The Morgan fingerprint density at radius 3 is 2.45 bits per heavy atom. The number of anilines is 1. The number of aliphatic carboxylic acids is 1. The maximum atomic E-state index is 12.6. The van der Waals surface area contributed by atoms with Gasteiger partial charge in [-0.15, -0.1) is 0 Å². The van der Waals surface area contributed by atoms with Crippen LogP contribution >= 0.6 is 0 Å². The average molecular weight is 519 g/mol. The van der Waals surface area contributed by atoms with E-state index in [1.165, 1.54) is 6.07 Å². The van der Waals surface area contributed by atoms with Crippen molar-refractivity contribution in [3.63, 3.8) is 0 Å². The van der Waals surface area contributed by atoms with Crippen molar-refractivity contribution in [2.24, 2.45) is 0 Å². The quantitative estimate of drug-likeness (QED) is 0.276. The zero-order valence-corrected chi connectivity index (χ0v) is 20.2. The summed E-state index contributed by atoms with van der Waals surface area (Å²) in [5.41, 5.74) is 2.10. The summed E-state index contributed by atoms with van der Waals surface area (Å²) in [5.74, 6) is -1.22. The molecule has 0 spiro atoms. The van der Waals surface area contributed by atoms with E-state index in [1.54, 1.807) is 36.4 Å². The number of hydrogen-bond donors (Lipinski definition) is 5. The summed E-state index contributed by atoms with van der Waals surface area (Å²) in [6.07, 6.45) is -0.362. The molecule has 3 aromatic rings. The number of carboxylic acid groups (broad SMARTS) is 1. The van der Waals surface area contributed by atoms with Crippen LogP contribution in [0.4, 0.5) is 10.5 Å². The summed E-state index contributed by atoms with van der Waals surface area (Å²) in [6.45, 7) is 0.0294. The number of fused-ring (bicyclic) bond motifs is 1. The van der Waals surface area contributed by atoms with E-state index in [1.807, 2.05) is 30.3 Å². The maximum absolute atomic E-state index is 12.6. The van der Waals surface area contributed by atoms with Gasteiger partial charge in [-0.2, -0.15) is 0 Å². The molecule has 1 unspecified atom stereocenters. The Kier molecular flexibility index (Phi) is 8.39. The Hall–Kier alpha value is -5.06. The highest BCUT2D eigenvalue weighted by Gasteiger charge is 2.22. The molecule has 4 amide bonds. The lowest BCUT2D eigenvalue weighted by atomic mass is 10.0. The van der Waals surface area contributed by atoms with Crippen molar-refractivity contribution < 1.29 is 33.8 Å². The second-order valence-electron chi connectivity index (χ2n) is 8.39. The Labute approximate surface area is 218 Å². The number of carbonyl (C=O) groups excluding carboxylic acids is 3. The number of rotatable bonds is 10. The molecule has 1 atom stereocenters. The van der Waals surface area contributed by atoms with Crippen LogP contribution in [-0.2, 0) is 16.1 Å². The summed E-state index contributed by atoms with van der Waals surface area (Å²) in [5, 5.41) is 19.8. The molecule has 1 heterocycles. The number of ether oxygens (including phenoxy) is 2. The highest BCUT2D eigenvalue weighted by atomic mass is 16.7. The third-order valence-corrected chi connectivity index (χ3v) is 5.60. The van der Waals surface area contributed by atoms with Crippen molar-refractivity contribution in [2.75, 3.05) is 18.7 Å². The molecule has 0 fully saturated rings. The van der Waals surface area contributed by atoms with Gasteiger partial charge in [0.25, 0.3) is 5.91 Å². The van der Waals surface area contributed by atoms with Gasteiger partial charge in [0.1, 0.15) is 0 Å². The highest BCUT2D eigenvalue weighted by Crippen LogP contribution is 2.34. The van der Waals surface area contributed by atoms with Gasteiger partial charge in [-0.25, -0.2) is 4.79 Å². The molecule has 1 aliphatic heterocycles. The zero-order chi connectivity index (χ0) is 26.9. The summed E-state index contributed by atoms with van der Waals surface area (Å²) >= 11 is 0. The van der Waals surface area contributed by atoms with E-state index < -0.39 is 29.9 Å². The van der Waals surface area contributed by atoms with Crippen molar-refractivity contribution in [1.82, 2.24) is 16.0 Å². The van der Waals surface area contributed by atoms with E-state index >= 15 is 0 Å². The van der Waals surface area contributed by atoms with Crippen molar-refractivity contribution in [3.05, 3.63) is 89.5 Å². The SMILES string of the molecule is O=C(O)CC(NC(=O)CNC(=O)c1cccc(NC(=O)NCc2ccccc2)c1)c1ccc2c(c1)OCO2. The van der Waals surface area contributed by atoms with Gasteiger partial charge in [0.15, 0.2) is 11.5 Å². The van der Waals surface area contributed by atoms with Gasteiger partial charge >= 0.3 is 12.0 Å². The van der Waals surface area contributed by atoms with Crippen LogP contribution in [0.1, 0.15) is 33.9 Å². The second-order valence-corrected chi connectivity index (χ2v) is 8.39. The molecule has 11 nitrogen and oxygen atoms in total. The van der Waals surface area contributed by atoms with Crippen LogP contribution in [0.25, 0.3) is 0 Å². The molecule has 11 heteroatoms. The molecular weight excluding hydrogens is 492 g/mol. The van der Waals surface area contributed by atoms with Gasteiger partial charge in [0, 0.05) is 17.8 Å². The van der Waals surface area contributed by atoms with Crippen LogP contribution in [0.2, 0.25) is 0 Å². The van der Waals surface area contributed by atoms with Gasteiger partial charge in [0.2, 0.25) is 12.7 Å². The molecule has 3 aromatic carbocycles. The molecular formula is C27H26N4O7. The standard InChI is InChI=1S/C27H26N4O7/c32-24(31-21(13-25(33)34)18-9-10-22-23(12-18)38-16-37-22)15-28-26(35)19-7-4-8-20(11-19)30-27(36)29-14-17-5-2-1-3-6-17/h1-12,21H,13-16H2,(H,28,35)(H,31,32)(H,33,34)(H2,29,30,36). The van der Waals surface area contributed by atoms with Gasteiger partial charge < -0.3 is 35.8 Å². The first-order chi connectivity index (χ1) is 18.4. The number of hydrogen-bond acceptors (Lipinski definition) is 6. The minimum atomic E-state index is -1.10. The first-order valence-corrected chi connectivity index (χ1v) is 11.7. The molecule has 0 saturated heterocycles. The average Bonchev–Trinajstić information content (AvgIpc) is 3.39. The molecule has 5 N–H and O–H groups in total. The number of amides is 4. The van der Waals surface area contributed by atoms with Crippen LogP contribution in [-0.4, -0.2) is 42.3 Å². The Balaban J connectivity index is 1.29. The Morgan fingerprint density at radius 2 is 1.66 bits per heavy atom. The van der Waals surface area contributed by atoms with Crippen molar-refractivity contribution in [2.45, 2.75) is 19.0 Å². The van der Waals surface area contributed by atoms with E-state index in [4.69, 9.17) is 9.47 Å². The van der Waals surface area contributed by atoms with Gasteiger partial charge in [0.05, 0.1) is 19.0 Å². The van der Waals surface area contributed by atoms with Gasteiger partial charge in [-0.1, -0.05) is 42.5 Å². The topological polar surface area (TPSA) is 155 Å². The number of urea groups is 1. The van der Waals surface area contributed by atoms with Crippen molar-refractivity contribution in [1.29, 1.82) is 0 Å². The van der Waals surface area contributed by atoms with E-state index in [-0.39, 0.29) is 25.3 Å². The zero-order valence-electron chi connectivity index (χ0n) is 20.2. The monoisotopic (exact) mass is 518 g/mol. The Morgan fingerprint density at radius 1 is 0.868 bits per heavy atom. The third kappa shape index (κ3) is 7.23. The molecule has 0 bridgehead atoms. The van der Waals surface area contributed by atoms with E-state index in [0.717, 1.165) is 5.56 Å². The Bertz CT molecular complexity index is 1330. The molecule has 0 aromatic heterocycles. The van der Waals surface area contributed by atoms with E-state index in [9.17, 15) is 24.3 Å². The number of benzene rings is 3. The summed E-state index contributed by atoms with van der Waals surface area (Å²) in [7, 11) is 0. The first-order valence-electron chi connectivity index (χ1n) is 11.7. The molecule has 4 rings (SSSR count). The number of nitrogens with one attached hydrogen (secondary N) is 4. The number of carboxylic acids is 1. The fraction of sp³-hybridized carbons (Fsp3) is 0.185. The fourth-order valence-corrected chi connectivity index (χ4v) is 3.76. The van der Waals surface area contributed by atoms with Crippen LogP contribution in [0.15, 0.2) is 72.8 Å². The minimum absolute atomic E-state index is 0.0653. The fourth-order valence-electron chi connectivity index (χ4n) is 3.76. The minimum Gasteiger partial charge on any atom is -0.481 e. The molecule has 0 radical (unpaired) electrons. The maximum Gasteiger partial charge on any atom is 0.319 e. The normalized spacial score (nSPS) is 12.2. The smallest absolute Gasteiger partial charge is 0.319 e. The van der Waals surface area contributed by atoms with Crippen LogP contribution in [0.3, 0.4) is 0 Å². The van der Waals surface area contributed by atoms with Gasteiger partial charge in [-0.3, -0.25) is 14.4 Å². The van der Waals surface area contributed by atoms with Crippen molar-refractivity contribution >= 4 is 29.5 Å². The third-order valence-electron chi connectivity index (χ3n) is 5.60. The van der Waals surface area contributed by atoms with E-state index in [0.29, 0.717) is 29.3 Å². The van der Waals surface area contributed by atoms with Crippen LogP contribution in [0, 0.1) is 0 Å². The summed E-state index contributed by atoms with van der Waals surface area (Å²) in [6, 6.07) is 19.3. The first kappa shape index (κ1) is 26.0. The lowest BCUT2D eigenvalue weighted by Crippen LogP contribution is -2.39. The number of carbonyl (C=O) groups is 4. The van der Waals surface area contributed by atoms with Crippen LogP contribution < -0.4 is 30.7 Å². The predicted octanol–water partition coefficient (Wildman–Crippen LogP) is 2.80. The van der Waals surface area contributed by atoms with Gasteiger partial charge in [-0.05, 0) is 41.5 Å². The summed E-state index contributed by atoms with van der Waals surface area (Å²) < 4.78 is 10.6. The molecule has 0 aliphatic carbocycles. The van der Waals surface area contributed by atoms with Crippen LogP contribution in [0.5, 0.6) is 11.5 Å². The predicted molar refractivity (Wildman–Crippen MR) is 137 cm³/mol. The highest BCUT2D eigenvalue weighted by molar-refractivity contribution is 5.98. The lowest BCUT2D eigenvalue weighted by molar-refractivity contribution is -0.137. The largest absolute Gasteiger partial charge is 0.481 e. The molecule has 0 saturated carbocycles. The molecule has 196 valence electrons.